The predicted octanol–water partition coefficient (Wildman–Crippen LogP) is 1.41. The molecule has 0 saturated carbocycles. The number of ether oxygens (including phenoxy) is 1. The van der Waals surface area contributed by atoms with Gasteiger partial charge in [0.25, 0.3) is 0 Å². The first-order valence-electron chi connectivity index (χ1n) is 11.8. The average molecular weight is 440 g/mol. The lowest BCUT2D eigenvalue weighted by Crippen LogP contribution is -2.62. The minimum atomic E-state index is -0.421. The van der Waals surface area contributed by atoms with Crippen LogP contribution in [0.1, 0.15) is 59.8 Å². The minimum absolute atomic E-state index is 0.0313. The molecule has 2 aliphatic rings. The molecule has 2 saturated heterocycles. The Hall–Kier alpha value is -1.67. The van der Waals surface area contributed by atoms with Crippen molar-refractivity contribution in [3.63, 3.8) is 0 Å². The summed E-state index contributed by atoms with van der Waals surface area (Å²) in [6.07, 6.45) is 3.26. The van der Waals surface area contributed by atoms with Gasteiger partial charge in [-0.15, -0.1) is 0 Å². The van der Waals surface area contributed by atoms with Crippen LogP contribution >= 0.6 is 0 Å². The number of aliphatic hydroxyl groups excluding tert-OH is 1. The molecule has 0 aromatic carbocycles. The van der Waals surface area contributed by atoms with Crippen molar-refractivity contribution < 1.29 is 24.2 Å². The van der Waals surface area contributed by atoms with Gasteiger partial charge in [0.1, 0.15) is 12.6 Å². The van der Waals surface area contributed by atoms with Crippen LogP contribution in [0.15, 0.2) is 0 Å². The Morgan fingerprint density at radius 2 is 1.81 bits per heavy atom. The molecule has 2 N–H and O–H groups in total. The fraction of sp³-hybridized carbons (Fsp3) is 0.870. The lowest BCUT2D eigenvalue weighted by Gasteiger charge is -2.42. The number of rotatable bonds is 10. The van der Waals surface area contributed by atoms with Gasteiger partial charge < -0.3 is 25.0 Å². The summed E-state index contributed by atoms with van der Waals surface area (Å²) in [5.41, 5.74) is 0. The van der Waals surface area contributed by atoms with Gasteiger partial charge in [-0.1, -0.05) is 27.7 Å². The number of nitrogens with zero attached hydrogens (tertiary/aromatic N) is 2. The number of carbonyl (C=O) groups is 3. The number of nitrogens with one attached hydrogen (secondary N) is 1. The molecule has 0 aliphatic carbocycles. The number of hydrogen-bond acceptors (Lipinski definition) is 6. The van der Waals surface area contributed by atoms with E-state index in [9.17, 15) is 14.4 Å². The van der Waals surface area contributed by atoms with Gasteiger partial charge in [-0.2, -0.15) is 0 Å². The number of hydrogen-bond donors (Lipinski definition) is 2. The number of likely N-dealkylation sites (tertiary alicyclic amines) is 1. The highest BCUT2D eigenvalue weighted by molar-refractivity contribution is 5.90. The fourth-order valence-electron chi connectivity index (χ4n) is 4.55. The highest BCUT2D eigenvalue weighted by Gasteiger charge is 2.39. The zero-order chi connectivity index (χ0) is 23.0. The van der Waals surface area contributed by atoms with Crippen molar-refractivity contribution in [2.75, 3.05) is 39.4 Å². The Morgan fingerprint density at radius 3 is 2.39 bits per heavy atom. The van der Waals surface area contributed by atoms with Crippen LogP contribution < -0.4 is 5.32 Å². The van der Waals surface area contributed by atoms with Crippen LogP contribution in [0.5, 0.6) is 0 Å². The summed E-state index contributed by atoms with van der Waals surface area (Å²) in [5, 5.41) is 12.1. The van der Waals surface area contributed by atoms with E-state index in [2.05, 4.69) is 33.0 Å². The molecular formula is C23H41N3O5. The zero-order valence-corrected chi connectivity index (χ0v) is 19.6. The number of aliphatic hydroxyl groups is 1. The molecule has 2 heterocycles. The second-order valence-corrected chi connectivity index (χ2v) is 9.73. The summed E-state index contributed by atoms with van der Waals surface area (Å²) in [6, 6.07) is -0.637. The topological polar surface area (TPSA) is 99.2 Å². The third-order valence-electron chi connectivity index (χ3n) is 6.12. The fourth-order valence-corrected chi connectivity index (χ4v) is 4.55. The molecule has 2 aliphatic heterocycles. The second-order valence-electron chi connectivity index (χ2n) is 9.73. The van der Waals surface area contributed by atoms with E-state index < -0.39 is 6.04 Å². The summed E-state index contributed by atoms with van der Waals surface area (Å²) in [6.45, 7) is 10.7. The first-order valence-corrected chi connectivity index (χ1v) is 11.8. The van der Waals surface area contributed by atoms with Gasteiger partial charge in [0.15, 0.2) is 0 Å². The van der Waals surface area contributed by atoms with Crippen LogP contribution in [0, 0.1) is 17.8 Å². The molecule has 0 spiro atoms. The largest absolute Gasteiger partial charge is 0.463 e. The normalized spacial score (nSPS) is 21.6. The number of amides is 2. The molecule has 0 aromatic heterocycles. The van der Waals surface area contributed by atoms with Gasteiger partial charge in [-0.25, -0.2) is 0 Å². The van der Waals surface area contributed by atoms with Crippen molar-refractivity contribution in [1.82, 2.24) is 15.1 Å². The van der Waals surface area contributed by atoms with Crippen molar-refractivity contribution in [1.29, 1.82) is 0 Å². The number of piperidine rings is 1. The SMILES string of the molecule is CC(C)C[C@@H]1NCCN([C@@H](CC(C)C)C(=O)N2CCC(CC(=O)OCCO)CC2)C1=O. The van der Waals surface area contributed by atoms with Crippen LogP contribution in [0.4, 0.5) is 0 Å². The molecule has 2 rings (SSSR count). The molecule has 0 aromatic rings. The molecule has 2 atom stereocenters. The van der Waals surface area contributed by atoms with Crippen LogP contribution in [-0.2, 0) is 19.1 Å². The van der Waals surface area contributed by atoms with E-state index in [1.807, 2.05) is 9.80 Å². The van der Waals surface area contributed by atoms with E-state index in [1.165, 1.54) is 0 Å². The molecular weight excluding hydrogens is 398 g/mol. The van der Waals surface area contributed by atoms with Crippen LogP contribution in [0.25, 0.3) is 0 Å². The molecule has 31 heavy (non-hydrogen) atoms. The summed E-state index contributed by atoms with van der Waals surface area (Å²) < 4.78 is 4.96. The standard InChI is InChI=1S/C23H41N3O5/c1-16(2)13-19-22(29)26(10-7-24-19)20(14-17(3)4)23(30)25-8-5-18(6-9-25)15-21(28)31-12-11-27/h16-20,24,27H,5-15H2,1-4H3/t19-,20-/m0/s1. The summed E-state index contributed by atoms with van der Waals surface area (Å²) in [7, 11) is 0. The van der Waals surface area contributed by atoms with E-state index in [-0.39, 0.29) is 43.0 Å². The number of piperazine rings is 1. The Balaban J connectivity index is 1.99. The predicted molar refractivity (Wildman–Crippen MR) is 118 cm³/mol. The maximum Gasteiger partial charge on any atom is 0.306 e. The van der Waals surface area contributed by atoms with Crippen molar-refractivity contribution in [2.24, 2.45) is 17.8 Å². The Labute approximate surface area is 186 Å². The molecule has 8 nitrogen and oxygen atoms in total. The van der Waals surface area contributed by atoms with Crippen molar-refractivity contribution in [3.05, 3.63) is 0 Å². The first kappa shape index (κ1) is 25.6. The first-order chi connectivity index (χ1) is 14.7. The Bertz CT molecular complexity index is 602. The van der Waals surface area contributed by atoms with Gasteiger partial charge in [-0.3, -0.25) is 14.4 Å². The summed E-state index contributed by atoms with van der Waals surface area (Å²) in [4.78, 5) is 42.1. The van der Waals surface area contributed by atoms with Crippen LogP contribution in [0.2, 0.25) is 0 Å². The smallest absolute Gasteiger partial charge is 0.306 e. The third kappa shape index (κ3) is 7.75. The van der Waals surface area contributed by atoms with Gasteiger partial charge >= 0.3 is 5.97 Å². The average Bonchev–Trinajstić information content (AvgIpc) is 2.72. The van der Waals surface area contributed by atoms with Crippen molar-refractivity contribution in [2.45, 2.75) is 71.9 Å². The Morgan fingerprint density at radius 1 is 1.13 bits per heavy atom. The number of esters is 1. The lowest BCUT2D eigenvalue weighted by atomic mass is 9.92. The maximum atomic E-state index is 13.5. The zero-order valence-electron chi connectivity index (χ0n) is 19.6. The van der Waals surface area contributed by atoms with Crippen LogP contribution in [-0.4, -0.2) is 84.2 Å². The lowest BCUT2D eigenvalue weighted by molar-refractivity contribution is -0.151. The molecule has 0 bridgehead atoms. The maximum absolute atomic E-state index is 13.5. The quantitative estimate of drug-likeness (QED) is 0.500. The van der Waals surface area contributed by atoms with E-state index in [0.29, 0.717) is 50.9 Å². The van der Waals surface area contributed by atoms with E-state index in [4.69, 9.17) is 9.84 Å². The minimum Gasteiger partial charge on any atom is -0.463 e. The number of carbonyl (C=O) groups excluding carboxylic acids is 3. The van der Waals surface area contributed by atoms with E-state index >= 15 is 0 Å². The molecule has 0 unspecified atom stereocenters. The van der Waals surface area contributed by atoms with E-state index in [1.54, 1.807) is 0 Å². The summed E-state index contributed by atoms with van der Waals surface area (Å²) >= 11 is 0. The Kier molecular flexibility index (Phi) is 10.2. The van der Waals surface area contributed by atoms with Gasteiger partial charge in [-0.05, 0) is 43.4 Å². The monoisotopic (exact) mass is 439 g/mol. The molecule has 2 amide bonds. The third-order valence-corrected chi connectivity index (χ3v) is 6.12. The van der Waals surface area contributed by atoms with Crippen LogP contribution in [0.3, 0.4) is 0 Å². The van der Waals surface area contributed by atoms with Gasteiger partial charge in [0, 0.05) is 32.6 Å². The molecule has 178 valence electrons. The van der Waals surface area contributed by atoms with Gasteiger partial charge in [0.2, 0.25) is 11.8 Å². The second kappa shape index (κ2) is 12.4. The van der Waals surface area contributed by atoms with Gasteiger partial charge in [0.05, 0.1) is 12.6 Å². The van der Waals surface area contributed by atoms with E-state index in [0.717, 1.165) is 19.3 Å². The molecule has 0 radical (unpaired) electrons. The molecule has 8 heteroatoms. The molecule has 2 fully saturated rings. The summed E-state index contributed by atoms with van der Waals surface area (Å²) in [5.74, 6) is 0.686. The highest BCUT2D eigenvalue weighted by Crippen LogP contribution is 2.25. The van der Waals surface area contributed by atoms with Crippen molar-refractivity contribution in [3.8, 4) is 0 Å². The van der Waals surface area contributed by atoms with Crippen molar-refractivity contribution >= 4 is 17.8 Å². The highest BCUT2D eigenvalue weighted by atomic mass is 16.5.